The second kappa shape index (κ2) is 18.5. The summed E-state index contributed by atoms with van der Waals surface area (Å²) in [6.07, 6.45) is 17.5. The molecule has 2 saturated carbocycles. The predicted octanol–water partition coefficient (Wildman–Crippen LogP) is 9.60. The number of hydrogen-bond donors (Lipinski definition) is 1. The number of carbonyl (C=O) groups excluding carboxylic acids is 5. The van der Waals surface area contributed by atoms with E-state index in [1.165, 1.54) is 32.1 Å². The number of rotatable bonds is 21. The van der Waals surface area contributed by atoms with Crippen molar-refractivity contribution in [3.8, 4) is 0 Å². The Bertz CT molecular complexity index is 1200. The van der Waals surface area contributed by atoms with Crippen LogP contribution in [-0.2, 0) is 28.7 Å². The highest BCUT2D eigenvalue weighted by atomic mass is 32.2. The molecule has 1 N–H and O–H groups in total. The summed E-state index contributed by atoms with van der Waals surface area (Å²) in [7, 11) is 0. The van der Waals surface area contributed by atoms with Crippen LogP contribution in [0.25, 0.3) is 0 Å². The Balaban J connectivity index is 1.42. The minimum Gasteiger partial charge on any atom is -0.434 e. The maximum Gasteiger partial charge on any atom is 0.516 e. The molecule has 0 aromatic heterocycles. The number of amides is 1. The summed E-state index contributed by atoms with van der Waals surface area (Å²) in [6.45, 7) is 10.9. The maximum absolute atomic E-state index is 14.6. The van der Waals surface area contributed by atoms with Crippen molar-refractivity contribution < 1.29 is 33.4 Å². The van der Waals surface area contributed by atoms with Crippen molar-refractivity contribution >= 4 is 52.5 Å². The van der Waals surface area contributed by atoms with Gasteiger partial charge in [0.2, 0.25) is 5.91 Å². The van der Waals surface area contributed by atoms with Gasteiger partial charge in [0.25, 0.3) is 0 Å². The highest BCUT2D eigenvalue weighted by Crippen LogP contribution is 2.82. The van der Waals surface area contributed by atoms with Crippen molar-refractivity contribution in [1.82, 2.24) is 5.32 Å². The quantitative estimate of drug-likeness (QED) is 0.0699. The number of ether oxygens (including phenoxy) is 2. The standard InChI is InChI=1S/C40H65NO7S2/c1-6-8-21-37(5,35(45)48-36(46)47-27-29(3)4)39-23-14-24-40(50-39,38(22-9-7-2)25-20-31(38)39)32(42)18-19-34(44)49-28-33(43)41-26-13-12-17-30-15-10-11-16-30/h29-31H,6-28H2,1-5H3,(H,41,43)/t31-,37+,38+,39?,40?/m0/s1. The first-order valence-corrected chi connectivity index (χ1v) is 21.7. The Hall–Kier alpha value is -1.55. The fourth-order valence-corrected chi connectivity index (χ4v) is 13.3. The molecule has 4 aliphatic rings. The van der Waals surface area contributed by atoms with Crippen molar-refractivity contribution in [1.29, 1.82) is 0 Å². The molecule has 5 atom stereocenters. The molecule has 2 bridgehead atoms. The van der Waals surface area contributed by atoms with Gasteiger partial charge in [-0.15, -0.1) is 11.8 Å². The van der Waals surface area contributed by atoms with Gasteiger partial charge in [0.15, 0.2) is 5.12 Å². The summed E-state index contributed by atoms with van der Waals surface area (Å²) in [5.74, 6) is 0.679. The molecule has 8 nitrogen and oxygen atoms in total. The largest absolute Gasteiger partial charge is 0.516 e. The topological polar surface area (TPSA) is 116 Å². The minimum atomic E-state index is -0.967. The fraction of sp³-hybridized carbons (Fsp3) is 0.875. The first kappa shape index (κ1) is 41.2. The van der Waals surface area contributed by atoms with Crippen LogP contribution in [0, 0.1) is 28.6 Å². The smallest absolute Gasteiger partial charge is 0.434 e. The summed E-state index contributed by atoms with van der Waals surface area (Å²) < 4.78 is 9.54. The molecule has 2 saturated heterocycles. The van der Waals surface area contributed by atoms with Gasteiger partial charge >= 0.3 is 12.1 Å². The molecular weight excluding hydrogens is 671 g/mol. The van der Waals surface area contributed by atoms with Gasteiger partial charge in [0.1, 0.15) is 5.78 Å². The lowest BCUT2D eigenvalue weighted by Crippen LogP contribution is -2.59. The van der Waals surface area contributed by atoms with Crippen LogP contribution in [0.3, 0.4) is 0 Å². The van der Waals surface area contributed by atoms with E-state index in [0.717, 1.165) is 94.7 Å². The first-order chi connectivity index (χ1) is 23.9. The van der Waals surface area contributed by atoms with E-state index in [4.69, 9.17) is 9.47 Å². The van der Waals surface area contributed by atoms with Crippen LogP contribution >= 0.6 is 23.5 Å². The molecule has 50 heavy (non-hydrogen) atoms. The van der Waals surface area contributed by atoms with Crippen molar-refractivity contribution in [2.45, 2.75) is 173 Å². The van der Waals surface area contributed by atoms with Crippen LogP contribution < -0.4 is 5.32 Å². The lowest BCUT2D eigenvalue weighted by atomic mass is 9.45. The molecule has 2 aliphatic carbocycles. The molecule has 284 valence electrons. The molecule has 10 heteroatoms. The lowest BCUT2D eigenvalue weighted by molar-refractivity contribution is -0.158. The number of hydrogen-bond acceptors (Lipinski definition) is 9. The highest BCUT2D eigenvalue weighted by Gasteiger charge is 2.80. The van der Waals surface area contributed by atoms with Crippen molar-refractivity contribution in [2.75, 3.05) is 18.9 Å². The molecule has 0 aromatic rings. The average Bonchev–Trinajstić information content (AvgIpc) is 3.64. The summed E-state index contributed by atoms with van der Waals surface area (Å²) in [5, 5.41) is 2.84. The number of esters is 1. The monoisotopic (exact) mass is 735 g/mol. The number of thioether (sulfide) groups is 2. The zero-order valence-electron chi connectivity index (χ0n) is 31.7. The minimum absolute atomic E-state index is 0.0820. The summed E-state index contributed by atoms with van der Waals surface area (Å²) >= 11 is 2.74. The predicted molar refractivity (Wildman–Crippen MR) is 202 cm³/mol. The third-order valence-electron chi connectivity index (χ3n) is 12.7. The summed E-state index contributed by atoms with van der Waals surface area (Å²) in [6, 6.07) is 0. The van der Waals surface area contributed by atoms with Gasteiger partial charge in [-0.25, -0.2) is 4.79 Å². The van der Waals surface area contributed by atoms with Gasteiger partial charge in [-0.2, -0.15) is 0 Å². The first-order valence-electron chi connectivity index (χ1n) is 19.9. The second-order valence-corrected chi connectivity index (χ2v) is 19.0. The molecule has 0 radical (unpaired) electrons. The maximum atomic E-state index is 14.6. The van der Waals surface area contributed by atoms with Gasteiger partial charge in [0.05, 0.1) is 22.5 Å². The summed E-state index contributed by atoms with van der Waals surface area (Å²) in [5.41, 5.74) is -1.20. The number of ketones is 1. The average molecular weight is 736 g/mol. The molecule has 1 amide bonds. The van der Waals surface area contributed by atoms with E-state index in [2.05, 4.69) is 19.2 Å². The van der Waals surface area contributed by atoms with Crippen LogP contribution in [0.4, 0.5) is 4.79 Å². The molecular formula is C40H65NO7S2. The van der Waals surface area contributed by atoms with Crippen LogP contribution in [0.1, 0.15) is 163 Å². The molecule has 2 unspecified atom stereocenters. The van der Waals surface area contributed by atoms with E-state index >= 15 is 0 Å². The Kier molecular flexibility index (Phi) is 15.2. The van der Waals surface area contributed by atoms with E-state index in [-0.39, 0.29) is 59.3 Å². The Labute approximate surface area is 310 Å². The van der Waals surface area contributed by atoms with Gasteiger partial charge in [-0.3, -0.25) is 19.2 Å². The Morgan fingerprint density at radius 1 is 0.920 bits per heavy atom. The third-order valence-corrected chi connectivity index (χ3v) is 16.1. The van der Waals surface area contributed by atoms with Gasteiger partial charge in [-0.05, 0) is 75.0 Å². The molecule has 2 aliphatic heterocycles. The number of nitrogens with one attached hydrogen (secondary N) is 1. The normalized spacial score (nSPS) is 28.4. The van der Waals surface area contributed by atoms with E-state index in [1.807, 2.05) is 20.8 Å². The Morgan fingerprint density at radius 3 is 2.32 bits per heavy atom. The van der Waals surface area contributed by atoms with Gasteiger partial charge in [0, 0.05) is 24.1 Å². The number of unbranched alkanes of at least 4 members (excludes halogenated alkanes) is 3. The summed E-state index contributed by atoms with van der Waals surface area (Å²) in [4.78, 5) is 66.9. The highest BCUT2D eigenvalue weighted by molar-refractivity contribution is 8.14. The van der Waals surface area contributed by atoms with Crippen molar-refractivity contribution in [3.05, 3.63) is 0 Å². The SMILES string of the molecule is CCCC[C@@]12CC[C@@H]1C1([C@](C)(CCCC)C(=O)OC(=O)OCC(C)C)CCCC2(C(=O)CCC(=O)SCC(=O)NCCCCC2CCCC2)S1. The zero-order valence-corrected chi connectivity index (χ0v) is 33.3. The van der Waals surface area contributed by atoms with Crippen LogP contribution in [-0.4, -0.2) is 57.3 Å². The fourth-order valence-electron chi connectivity index (χ4n) is 9.89. The number of fused-ring (bicyclic) bond motifs is 5. The molecule has 4 fully saturated rings. The zero-order chi connectivity index (χ0) is 36.4. The van der Waals surface area contributed by atoms with E-state index in [1.54, 1.807) is 11.8 Å². The number of Topliss-reactive ketones (excluding diaryl/α,β-unsaturated/α-hetero) is 1. The van der Waals surface area contributed by atoms with Crippen molar-refractivity contribution in [3.63, 3.8) is 0 Å². The third kappa shape index (κ3) is 8.80. The van der Waals surface area contributed by atoms with Crippen LogP contribution in [0.2, 0.25) is 0 Å². The molecule has 0 aromatic carbocycles. The van der Waals surface area contributed by atoms with Gasteiger partial charge < -0.3 is 14.8 Å². The Morgan fingerprint density at radius 2 is 1.66 bits per heavy atom. The second-order valence-electron chi connectivity index (χ2n) is 16.4. The molecule has 0 spiro atoms. The van der Waals surface area contributed by atoms with Crippen LogP contribution in [0.5, 0.6) is 0 Å². The molecule has 2 heterocycles. The van der Waals surface area contributed by atoms with Gasteiger partial charge in [-0.1, -0.05) is 110 Å². The van der Waals surface area contributed by atoms with Crippen LogP contribution in [0.15, 0.2) is 0 Å². The lowest BCUT2D eigenvalue weighted by Gasteiger charge is -2.56. The molecule has 4 rings (SSSR count). The van der Waals surface area contributed by atoms with E-state index < -0.39 is 27.0 Å². The number of carbonyl (C=O) groups is 5. The van der Waals surface area contributed by atoms with Crippen molar-refractivity contribution in [2.24, 2.45) is 28.6 Å². The van der Waals surface area contributed by atoms with E-state index in [9.17, 15) is 24.0 Å². The van der Waals surface area contributed by atoms with E-state index in [0.29, 0.717) is 13.0 Å².